The smallest absolute Gasteiger partial charge is 0.306 e. The van der Waals surface area contributed by atoms with E-state index >= 15 is 0 Å². The highest BCUT2D eigenvalue weighted by Crippen LogP contribution is 2.45. The van der Waals surface area contributed by atoms with Gasteiger partial charge in [-0.2, -0.15) is 0 Å². The van der Waals surface area contributed by atoms with Gasteiger partial charge in [0.15, 0.2) is 0 Å². The second-order valence-corrected chi connectivity index (χ2v) is 5.54. The van der Waals surface area contributed by atoms with Crippen molar-refractivity contribution in [3.8, 4) is 0 Å². The molecule has 0 aromatic heterocycles. The number of carboxylic acid groups (broad SMARTS) is 1. The van der Waals surface area contributed by atoms with Gasteiger partial charge >= 0.3 is 5.97 Å². The predicted octanol–water partition coefficient (Wildman–Crippen LogP) is 3.66. The van der Waals surface area contributed by atoms with E-state index in [1.54, 1.807) is 6.07 Å². The van der Waals surface area contributed by atoms with Gasteiger partial charge in [0.25, 0.3) is 0 Å². The van der Waals surface area contributed by atoms with Crippen LogP contribution in [0.2, 0.25) is 0 Å². The van der Waals surface area contributed by atoms with Gasteiger partial charge in [0.2, 0.25) is 0 Å². The molecule has 3 heteroatoms. The molecule has 2 rings (SSSR count). The van der Waals surface area contributed by atoms with Crippen molar-refractivity contribution in [1.82, 2.24) is 0 Å². The van der Waals surface area contributed by atoms with Crippen molar-refractivity contribution in [2.45, 2.75) is 39.5 Å². The third-order valence-electron chi connectivity index (χ3n) is 4.04. The average molecular weight is 250 g/mol. The van der Waals surface area contributed by atoms with Crippen LogP contribution in [0.3, 0.4) is 0 Å². The van der Waals surface area contributed by atoms with E-state index in [0.717, 1.165) is 24.0 Å². The van der Waals surface area contributed by atoms with Crippen molar-refractivity contribution in [3.63, 3.8) is 0 Å². The van der Waals surface area contributed by atoms with Crippen LogP contribution in [0.1, 0.15) is 42.4 Å². The average Bonchev–Trinajstić information content (AvgIpc) is 3.02. The monoisotopic (exact) mass is 250 g/mol. The van der Waals surface area contributed by atoms with Gasteiger partial charge in [-0.15, -0.1) is 0 Å². The van der Waals surface area contributed by atoms with Crippen LogP contribution < -0.4 is 0 Å². The summed E-state index contributed by atoms with van der Waals surface area (Å²) in [5.41, 5.74) is 2.76. The lowest BCUT2D eigenvalue weighted by molar-refractivity contribution is -0.138. The molecule has 0 spiro atoms. The van der Waals surface area contributed by atoms with Crippen molar-refractivity contribution >= 4 is 5.97 Å². The summed E-state index contributed by atoms with van der Waals surface area (Å²) in [4.78, 5) is 10.8. The van der Waals surface area contributed by atoms with Crippen LogP contribution in [0, 0.1) is 31.5 Å². The number of aryl methyl sites for hydroxylation is 2. The number of hydrogen-bond donors (Lipinski definition) is 1. The molecule has 1 N–H and O–H groups in total. The topological polar surface area (TPSA) is 37.3 Å². The summed E-state index contributed by atoms with van der Waals surface area (Å²) in [6, 6.07) is 3.47. The van der Waals surface area contributed by atoms with Gasteiger partial charge in [-0.25, -0.2) is 4.39 Å². The minimum Gasteiger partial charge on any atom is -0.481 e. The first-order valence-corrected chi connectivity index (χ1v) is 6.39. The van der Waals surface area contributed by atoms with Crippen LogP contribution in [-0.4, -0.2) is 11.1 Å². The molecule has 0 aliphatic heterocycles. The molecule has 3 atom stereocenters. The molecule has 0 amide bonds. The fraction of sp³-hybridized carbons (Fsp3) is 0.533. The van der Waals surface area contributed by atoms with E-state index < -0.39 is 5.97 Å². The molecule has 1 aliphatic carbocycles. The number of carboxylic acids is 1. The van der Waals surface area contributed by atoms with Crippen molar-refractivity contribution in [2.75, 3.05) is 0 Å². The van der Waals surface area contributed by atoms with E-state index in [1.807, 2.05) is 26.8 Å². The minimum absolute atomic E-state index is 0.0821. The quantitative estimate of drug-likeness (QED) is 0.885. The summed E-state index contributed by atoms with van der Waals surface area (Å²) in [5.74, 6) is -0.787. The maximum absolute atomic E-state index is 13.9. The van der Waals surface area contributed by atoms with Crippen LogP contribution in [-0.2, 0) is 4.79 Å². The fourth-order valence-corrected chi connectivity index (χ4v) is 2.57. The second-order valence-electron chi connectivity index (χ2n) is 5.54. The van der Waals surface area contributed by atoms with E-state index in [2.05, 4.69) is 0 Å². The van der Waals surface area contributed by atoms with Gasteiger partial charge in [0.05, 0.1) is 5.92 Å². The number of halogens is 1. The van der Waals surface area contributed by atoms with Crippen LogP contribution in [0.5, 0.6) is 0 Å². The summed E-state index contributed by atoms with van der Waals surface area (Å²) >= 11 is 0. The molecule has 98 valence electrons. The standard InChI is InChI=1S/C15H19FO2/c1-8-5-12(14(16)6-9(8)2)10(3)4-11-7-13(11)15(17)18/h5-6,10-11,13H,4,7H2,1-3H3,(H,17,18). The molecule has 2 nitrogen and oxygen atoms in total. The Morgan fingerprint density at radius 2 is 2.06 bits per heavy atom. The number of rotatable bonds is 4. The van der Waals surface area contributed by atoms with E-state index in [0.29, 0.717) is 5.56 Å². The van der Waals surface area contributed by atoms with Crippen molar-refractivity contribution in [1.29, 1.82) is 0 Å². The Bertz CT molecular complexity index is 482. The molecule has 1 saturated carbocycles. The van der Waals surface area contributed by atoms with E-state index in [1.165, 1.54) is 0 Å². The van der Waals surface area contributed by atoms with Gasteiger partial charge in [-0.05, 0) is 61.3 Å². The SMILES string of the molecule is Cc1cc(F)c(C(C)CC2CC2C(=O)O)cc1C. The molecule has 18 heavy (non-hydrogen) atoms. The molecule has 0 radical (unpaired) electrons. The van der Waals surface area contributed by atoms with Gasteiger partial charge in [0.1, 0.15) is 5.82 Å². The van der Waals surface area contributed by atoms with Gasteiger partial charge in [-0.3, -0.25) is 4.79 Å². The predicted molar refractivity (Wildman–Crippen MR) is 68.1 cm³/mol. The zero-order chi connectivity index (χ0) is 13.4. The van der Waals surface area contributed by atoms with Gasteiger partial charge < -0.3 is 5.11 Å². The maximum atomic E-state index is 13.9. The first kappa shape index (κ1) is 13.1. The molecular formula is C15H19FO2. The molecule has 3 unspecified atom stereocenters. The Morgan fingerprint density at radius 1 is 1.44 bits per heavy atom. The Labute approximate surface area is 107 Å². The molecule has 1 fully saturated rings. The van der Waals surface area contributed by atoms with E-state index in [4.69, 9.17) is 5.11 Å². The van der Waals surface area contributed by atoms with E-state index in [9.17, 15) is 9.18 Å². The molecule has 0 saturated heterocycles. The van der Waals surface area contributed by atoms with Crippen LogP contribution in [0.15, 0.2) is 12.1 Å². The third-order valence-corrected chi connectivity index (χ3v) is 4.04. The number of benzene rings is 1. The maximum Gasteiger partial charge on any atom is 0.306 e. The summed E-state index contributed by atoms with van der Waals surface area (Å²) in [5, 5.41) is 8.87. The molecule has 0 bridgehead atoms. The van der Waals surface area contributed by atoms with Crippen molar-refractivity contribution in [2.24, 2.45) is 11.8 Å². The normalized spacial score (nSPS) is 23.8. The van der Waals surface area contributed by atoms with Crippen LogP contribution >= 0.6 is 0 Å². The molecule has 1 aromatic rings. The highest BCUT2D eigenvalue weighted by molar-refractivity contribution is 5.73. The highest BCUT2D eigenvalue weighted by Gasteiger charge is 2.43. The lowest BCUT2D eigenvalue weighted by atomic mass is 9.92. The van der Waals surface area contributed by atoms with Crippen molar-refractivity contribution in [3.05, 3.63) is 34.6 Å². The first-order chi connectivity index (χ1) is 8.40. The number of hydrogen-bond acceptors (Lipinski definition) is 1. The minimum atomic E-state index is -0.715. The lowest BCUT2D eigenvalue weighted by Gasteiger charge is -2.14. The zero-order valence-corrected chi connectivity index (χ0v) is 11.0. The van der Waals surface area contributed by atoms with Crippen LogP contribution in [0.4, 0.5) is 4.39 Å². The molecule has 1 aliphatic rings. The largest absolute Gasteiger partial charge is 0.481 e. The summed E-state index contributed by atoms with van der Waals surface area (Å²) < 4.78 is 13.9. The zero-order valence-electron chi connectivity index (χ0n) is 11.0. The Balaban J connectivity index is 2.08. The fourth-order valence-electron chi connectivity index (χ4n) is 2.57. The number of aliphatic carboxylic acids is 1. The highest BCUT2D eigenvalue weighted by atomic mass is 19.1. The van der Waals surface area contributed by atoms with E-state index in [-0.39, 0.29) is 23.6 Å². The summed E-state index contributed by atoms with van der Waals surface area (Å²) in [6.07, 6.45) is 1.50. The Morgan fingerprint density at radius 3 is 2.61 bits per heavy atom. The third kappa shape index (κ3) is 2.55. The van der Waals surface area contributed by atoms with Gasteiger partial charge in [-0.1, -0.05) is 13.0 Å². The lowest BCUT2D eigenvalue weighted by Crippen LogP contribution is -2.04. The molecular weight excluding hydrogens is 231 g/mol. The van der Waals surface area contributed by atoms with Gasteiger partial charge in [0, 0.05) is 0 Å². The Hall–Kier alpha value is -1.38. The molecule has 1 aromatic carbocycles. The van der Waals surface area contributed by atoms with Crippen molar-refractivity contribution < 1.29 is 14.3 Å². The summed E-state index contributed by atoms with van der Waals surface area (Å²) in [7, 11) is 0. The van der Waals surface area contributed by atoms with Crippen LogP contribution in [0.25, 0.3) is 0 Å². The first-order valence-electron chi connectivity index (χ1n) is 6.39. The second kappa shape index (κ2) is 4.71. The molecule has 0 heterocycles. The number of carbonyl (C=O) groups is 1. The Kier molecular flexibility index (Phi) is 3.42. The summed E-state index contributed by atoms with van der Waals surface area (Å²) in [6.45, 7) is 5.85.